The van der Waals surface area contributed by atoms with E-state index < -0.39 is 0 Å². The summed E-state index contributed by atoms with van der Waals surface area (Å²) in [6.45, 7) is 4.74. The van der Waals surface area contributed by atoms with E-state index in [4.69, 9.17) is 0 Å². The van der Waals surface area contributed by atoms with Gasteiger partial charge in [0.1, 0.15) is 0 Å². The number of rotatable bonds is 5. The first-order chi connectivity index (χ1) is 27.0. The van der Waals surface area contributed by atoms with E-state index in [1.54, 1.807) is 0 Å². The molecule has 9 aromatic carbocycles. The molecule has 0 bridgehead atoms. The standard InChI is InChI=1S/C53H37NS/c1-53(2)48-20-9-7-17-44(48)45-29-28-41(33-49(45)53)54(40-26-24-36(25-27-40)43-19-11-15-35-13-5-6-16-42(35)43)50-32-39(38-23-22-34-12-3-4-14-37(34)30-38)31-47-46-18-8-10-21-51(46)55-52(47)50/h3-33H,1-2H3. The third-order valence-corrected chi connectivity index (χ3v) is 13.0. The van der Waals surface area contributed by atoms with Crippen LogP contribution in [0, 0.1) is 0 Å². The maximum absolute atomic E-state index is 2.51. The van der Waals surface area contributed by atoms with Crippen molar-refractivity contribution in [3.63, 3.8) is 0 Å². The molecule has 0 unspecified atom stereocenters. The molecule has 11 rings (SSSR count). The molecule has 0 atom stereocenters. The highest BCUT2D eigenvalue weighted by Crippen LogP contribution is 2.52. The van der Waals surface area contributed by atoms with Crippen LogP contribution in [-0.2, 0) is 5.41 Å². The van der Waals surface area contributed by atoms with Gasteiger partial charge in [-0.25, -0.2) is 0 Å². The molecule has 0 amide bonds. The van der Waals surface area contributed by atoms with Crippen LogP contribution < -0.4 is 4.90 Å². The van der Waals surface area contributed by atoms with E-state index >= 15 is 0 Å². The van der Waals surface area contributed by atoms with Crippen LogP contribution in [0.3, 0.4) is 0 Å². The second-order valence-electron chi connectivity index (χ2n) is 15.3. The van der Waals surface area contributed by atoms with E-state index in [0.717, 1.165) is 11.4 Å². The van der Waals surface area contributed by atoms with Gasteiger partial charge in [-0.1, -0.05) is 153 Å². The molecule has 0 fully saturated rings. The Bertz CT molecular complexity index is 3120. The average molecular weight is 720 g/mol. The summed E-state index contributed by atoms with van der Waals surface area (Å²) >= 11 is 1.89. The Balaban J connectivity index is 1.16. The van der Waals surface area contributed by atoms with Crippen molar-refractivity contribution in [3.05, 3.63) is 199 Å². The van der Waals surface area contributed by atoms with Crippen LogP contribution in [0.5, 0.6) is 0 Å². The molecule has 0 aliphatic heterocycles. The van der Waals surface area contributed by atoms with E-state index in [2.05, 4.69) is 207 Å². The van der Waals surface area contributed by atoms with Gasteiger partial charge in [0.2, 0.25) is 0 Å². The summed E-state index contributed by atoms with van der Waals surface area (Å²) < 4.78 is 2.58. The third kappa shape index (κ3) is 5.06. The van der Waals surface area contributed by atoms with Crippen LogP contribution in [0.25, 0.3) is 75.1 Å². The van der Waals surface area contributed by atoms with E-state index in [0.29, 0.717) is 0 Å². The van der Waals surface area contributed by atoms with Crippen molar-refractivity contribution >= 4 is 70.1 Å². The Morgan fingerprint density at radius 2 is 1.05 bits per heavy atom. The van der Waals surface area contributed by atoms with Gasteiger partial charge in [-0.3, -0.25) is 0 Å². The Hall–Kier alpha value is -6.48. The molecule has 1 heterocycles. The predicted octanol–water partition coefficient (Wildman–Crippen LogP) is 15.5. The number of anilines is 3. The zero-order valence-corrected chi connectivity index (χ0v) is 31.6. The second kappa shape index (κ2) is 12.3. The Labute approximate surface area is 325 Å². The van der Waals surface area contributed by atoms with Crippen LogP contribution in [0.2, 0.25) is 0 Å². The number of benzene rings is 9. The monoisotopic (exact) mass is 719 g/mol. The van der Waals surface area contributed by atoms with Crippen molar-refractivity contribution in [2.24, 2.45) is 0 Å². The molecule has 260 valence electrons. The van der Waals surface area contributed by atoms with Gasteiger partial charge >= 0.3 is 0 Å². The van der Waals surface area contributed by atoms with Gasteiger partial charge in [-0.2, -0.15) is 0 Å². The fraction of sp³-hybridized carbons (Fsp3) is 0.0566. The molecule has 1 aromatic heterocycles. The molecule has 0 N–H and O–H groups in total. The molecule has 2 heteroatoms. The van der Waals surface area contributed by atoms with Crippen molar-refractivity contribution in [1.82, 2.24) is 0 Å². The summed E-state index contributed by atoms with van der Waals surface area (Å²) in [5, 5.41) is 7.60. The lowest BCUT2D eigenvalue weighted by atomic mass is 9.82. The predicted molar refractivity (Wildman–Crippen MR) is 237 cm³/mol. The maximum atomic E-state index is 2.51. The molecule has 0 saturated carbocycles. The first kappa shape index (κ1) is 32.0. The number of nitrogens with zero attached hydrogens (tertiary/aromatic N) is 1. The van der Waals surface area contributed by atoms with Gasteiger partial charge in [0.15, 0.2) is 0 Å². The normalized spacial score (nSPS) is 13.1. The number of fused-ring (bicyclic) bond motifs is 8. The summed E-state index contributed by atoms with van der Waals surface area (Å²) in [6, 6.07) is 69.8. The topological polar surface area (TPSA) is 3.24 Å². The van der Waals surface area contributed by atoms with Gasteiger partial charge in [-0.05, 0) is 115 Å². The van der Waals surface area contributed by atoms with Gasteiger partial charge in [-0.15, -0.1) is 11.3 Å². The summed E-state index contributed by atoms with van der Waals surface area (Å²) in [6.07, 6.45) is 0. The van der Waals surface area contributed by atoms with Crippen LogP contribution in [0.15, 0.2) is 188 Å². The minimum Gasteiger partial charge on any atom is -0.309 e. The summed E-state index contributed by atoms with van der Waals surface area (Å²) in [7, 11) is 0. The highest BCUT2D eigenvalue weighted by Gasteiger charge is 2.36. The molecule has 10 aromatic rings. The maximum Gasteiger partial charge on any atom is 0.0646 e. The molecule has 0 spiro atoms. The fourth-order valence-corrected chi connectivity index (χ4v) is 10.2. The first-order valence-corrected chi connectivity index (χ1v) is 19.9. The van der Waals surface area contributed by atoms with Crippen LogP contribution in [0.1, 0.15) is 25.0 Å². The SMILES string of the molecule is CC1(C)c2ccccc2-c2ccc(N(c3ccc(-c4cccc5ccccc45)cc3)c3cc(-c4ccc5ccccc5c4)cc4c3sc3ccccc34)cc21. The van der Waals surface area contributed by atoms with E-state index in [9.17, 15) is 0 Å². The van der Waals surface area contributed by atoms with Crippen molar-refractivity contribution < 1.29 is 0 Å². The van der Waals surface area contributed by atoms with Gasteiger partial charge < -0.3 is 4.90 Å². The van der Waals surface area contributed by atoms with Crippen molar-refractivity contribution in [2.45, 2.75) is 19.3 Å². The van der Waals surface area contributed by atoms with Gasteiger partial charge in [0, 0.05) is 32.3 Å². The van der Waals surface area contributed by atoms with Crippen LogP contribution in [0.4, 0.5) is 17.1 Å². The zero-order valence-electron chi connectivity index (χ0n) is 30.8. The van der Waals surface area contributed by atoms with Gasteiger partial charge in [0.05, 0.1) is 10.4 Å². The molecule has 1 aliphatic rings. The molecule has 0 saturated heterocycles. The Kier molecular flexibility index (Phi) is 7.14. The minimum atomic E-state index is -0.119. The molecule has 0 radical (unpaired) electrons. The minimum absolute atomic E-state index is 0.119. The quantitative estimate of drug-likeness (QED) is 0.171. The van der Waals surface area contributed by atoms with Gasteiger partial charge in [0.25, 0.3) is 0 Å². The smallest absolute Gasteiger partial charge is 0.0646 e. The first-order valence-electron chi connectivity index (χ1n) is 19.1. The molecule has 1 aliphatic carbocycles. The second-order valence-corrected chi connectivity index (χ2v) is 16.4. The van der Waals surface area contributed by atoms with E-state index in [-0.39, 0.29) is 5.41 Å². The Morgan fingerprint density at radius 1 is 0.400 bits per heavy atom. The van der Waals surface area contributed by atoms with E-state index in [1.165, 1.54) is 91.9 Å². The highest BCUT2D eigenvalue weighted by molar-refractivity contribution is 7.26. The lowest BCUT2D eigenvalue weighted by Crippen LogP contribution is -2.16. The average Bonchev–Trinajstić information content (AvgIpc) is 3.72. The summed E-state index contributed by atoms with van der Waals surface area (Å²) in [4.78, 5) is 2.51. The molecular weight excluding hydrogens is 683 g/mol. The lowest BCUT2D eigenvalue weighted by molar-refractivity contribution is 0.660. The molecular formula is C53H37NS. The molecule has 55 heavy (non-hydrogen) atoms. The molecule has 1 nitrogen and oxygen atoms in total. The lowest BCUT2D eigenvalue weighted by Gasteiger charge is -2.29. The Morgan fingerprint density at radius 3 is 1.93 bits per heavy atom. The van der Waals surface area contributed by atoms with Crippen molar-refractivity contribution in [3.8, 4) is 33.4 Å². The zero-order chi connectivity index (χ0) is 36.7. The van der Waals surface area contributed by atoms with E-state index in [1.807, 2.05) is 11.3 Å². The van der Waals surface area contributed by atoms with Crippen molar-refractivity contribution in [1.29, 1.82) is 0 Å². The summed E-state index contributed by atoms with van der Waals surface area (Å²) in [5.41, 5.74) is 13.7. The highest BCUT2D eigenvalue weighted by atomic mass is 32.1. The third-order valence-electron chi connectivity index (χ3n) is 11.8. The fourth-order valence-electron chi connectivity index (χ4n) is 9.04. The van der Waals surface area contributed by atoms with Crippen LogP contribution in [-0.4, -0.2) is 0 Å². The van der Waals surface area contributed by atoms with Crippen molar-refractivity contribution in [2.75, 3.05) is 4.90 Å². The number of hydrogen-bond donors (Lipinski definition) is 0. The summed E-state index contributed by atoms with van der Waals surface area (Å²) in [5.74, 6) is 0. The number of thiophene rings is 1. The largest absolute Gasteiger partial charge is 0.309 e. The number of hydrogen-bond acceptors (Lipinski definition) is 2. The van der Waals surface area contributed by atoms with Crippen LogP contribution >= 0.6 is 11.3 Å².